The maximum Gasteiger partial charge on any atom is 0.0641 e. The van der Waals surface area contributed by atoms with Crippen LogP contribution < -0.4 is 5.32 Å². The zero-order chi connectivity index (χ0) is 10.8. The highest BCUT2D eigenvalue weighted by Crippen LogP contribution is 2.22. The Kier molecular flexibility index (Phi) is 3.10. The van der Waals surface area contributed by atoms with Crippen LogP contribution in [0, 0.1) is 6.92 Å². The van der Waals surface area contributed by atoms with Crippen LogP contribution in [0.5, 0.6) is 0 Å². The molecule has 3 nitrogen and oxygen atoms in total. The first-order valence-electron chi connectivity index (χ1n) is 5.93. The summed E-state index contributed by atoms with van der Waals surface area (Å²) in [5.41, 5.74) is 2.49. The van der Waals surface area contributed by atoms with E-state index in [1.165, 1.54) is 31.2 Å². The van der Waals surface area contributed by atoms with Crippen molar-refractivity contribution in [2.45, 2.75) is 51.6 Å². The van der Waals surface area contributed by atoms with Crippen molar-refractivity contribution < 1.29 is 0 Å². The van der Waals surface area contributed by atoms with E-state index in [1.54, 1.807) is 0 Å². The fourth-order valence-electron chi connectivity index (χ4n) is 2.58. The third-order valence-electron chi connectivity index (χ3n) is 3.36. The van der Waals surface area contributed by atoms with Crippen LogP contribution in [0.2, 0.25) is 0 Å². The molecule has 1 aliphatic carbocycles. The molecule has 1 aliphatic rings. The Bertz CT molecular complexity index is 324. The summed E-state index contributed by atoms with van der Waals surface area (Å²) in [6.45, 7) is 4.32. The number of aromatic nitrogens is 2. The first-order chi connectivity index (χ1) is 7.16. The van der Waals surface area contributed by atoms with Gasteiger partial charge >= 0.3 is 0 Å². The van der Waals surface area contributed by atoms with Gasteiger partial charge in [0.1, 0.15) is 0 Å². The van der Waals surface area contributed by atoms with Gasteiger partial charge in [-0.15, -0.1) is 0 Å². The van der Waals surface area contributed by atoms with Crippen molar-refractivity contribution in [3.8, 4) is 0 Å². The maximum atomic E-state index is 4.38. The van der Waals surface area contributed by atoms with Gasteiger partial charge in [-0.2, -0.15) is 5.10 Å². The summed E-state index contributed by atoms with van der Waals surface area (Å²) in [7, 11) is 1.98. The van der Waals surface area contributed by atoms with E-state index in [4.69, 9.17) is 0 Å². The summed E-state index contributed by atoms with van der Waals surface area (Å²) in [4.78, 5) is 0. The van der Waals surface area contributed by atoms with E-state index in [0.29, 0.717) is 6.04 Å². The topological polar surface area (TPSA) is 29.9 Å². The van der Waals surface area contributed by atoms with Crippen molar-refractivity contribution in [1.29, 1.82) is 0 Å². The van der Waals surface area contributed by atoms with E-state index in [2.05, 4.69) is 30.5 Å². The predicted octanol–water partition coefficient (Wildman–Crippen LogP) is 2.32. The van der Waals surface area contributed by atoms with E-state index < -0.39 is 0 Å². The van der Waals surface area contributed by atoms with Gasteiger partial charge in [0.15, 0.2) is 0 Å². The molecule has 1 aromatic rings. The third-order valence-corrected chi connectivity index (χ3v) is 3.36. The first-order valence-corrected chi connectivity index (χ1v) is 5.93. The molecular formula is C12H21N3. The first kappa shape index (κ1) is 10.7. The van der Waals surface area contributed by atoms with Gasteiger partial charge < -0.3 is 5.32 Å². The number of hydrogen-bond acceptors (Lipinski definition) is 2. The average Bonchev–Trinajstić information content (AvgIpc) is 2.75. The summed E-state index contributed by atoms with van der Waals surface area (Å²) in [6, 6.07) is 1.15. The zero-order valence-electron chi connectivity index (χ0n) is 9.95. The second kappa shape index (κ2) is 4.35. The number of nitrogens with zero attached hydrogens (tertiary/aromatic N) is 2. The molecule has 1 aromatic heterocycles. The molecule has 1 saturated carbocycles. The Balaban J connectivity index is 2.00. The molecule has 1 fully saturated rings. The SMILES string of the molecule is Cc1nn(C)cc1C(C)NC1CCCC1. The second-order valence-electron chi connectivity index (χ2n) is 4.71. The largest absolute Gasteiger partial charge is 0.307 e. The lowest BCUT2D eigenvalue weighted by Gasteiger charge is -2.18. The Labute approximate surface area is 91.9 Å². The fraction of sp³-hybridized carbons (Fsp3) is 0.750. The number of nitrogens with one attached hydrogen (secondary N) is 1. The summed E-state index contributed by atoms with van der Waals surface area (Å²) < 4.78 is 1.90. The Morgan fingerprint density at radius 2 is 2.13 bits per heavy atom. The molecule has 3 heteroatoms. The average molecular weight is 207 g/mol. The van der Waals surface area contributed by atoms with Gasteiger partial charge in [0.05, 0.1) is 5.69 Å². The van der Waals surface area contributed by atoms with E-state index in [-0.39, 0.29) is 0 Å². The normalized spacial score (nSPS) is 19.7. The highest BCUT2D eigenvalue weighted by Gasteiger charge is 2.19. The molecule has 0 saturated heterocycles. The van der Waals surface area contributed by atoms with Gasteiger partial charge in [-0.1, -0.05) is 12.8 Å². The highest BCUT2D eigenvalue weighted by atomic mass is 15.3. The van der Waals surface area contributed by atoms with Crippen LogP contribution in [0.15, 0.2) is 6.20 Å². The second-order valence-corrected chi connectivity index (χ2v) is 4.71. The summed E-state index contributed by atoms with van der Waals surface area (Å²) in [6.07, 6.45) is 7.57. The highest BCUT2D eigenvalue weighted by molar-refractivity contribution is 5.19. The lowest BCUT2D eigenvalue weighted by Crippen LogP contribution is -2.29. The van der Waals surface area contributed by atoms with Crippen LogP contribution in [-0.4, -0.2) is 15.8 Å². The molecule has 0 aliphatic heterocycles. The van der Waals surface area contributed by atoms with E-state index in [0.717, 1.165) is 11.7 Å². The Hall–Kier alpha value is -0.830. The van der Waals surface area contributed by atoms with Crippen LogP contribution in [0.3, 0.4) is 0 Å². The predicted molar refractivity (Wildman–Crippen MR) is 61.8 cm³/mol. The lowest BCUT2D eigenvalue weighted by molar-refractivity contribution is 0.460. The van der Waals surface area contributed by atoms with Crippen LogP contribution in [0.25, 0.3) is 0 Å². The van der Waals surface area contributed by atoms with Crippen molar-refractivity contribution >= 4 is 0 Å². The van der Waals surface area contributed by atoms with Crippen LogP contribution in [-0.2, 0) is 7.05 Å². The molecule has 15 heavy (non-hydrogen) atoms. The van der Waals surface area contributed by atoms with Crippen molar-refractivity contribution in [1.82, 2.24) is 15.1 Å². The third kappa shape index (κ3) is 2.40. The standard InChI is InChI=1S/C12H21N3/c1-9(13-11-6-4-5-7-11)12-8-15(3)14-10(12)2/h8-9,11,13H,4-7H2,1-3H3. The van der Waals surface area contributed by atoms with Crippen molar-refractivity contribution in [2.24, 2.45) is 7.05 Å². The van der Waals surface area contributed by atoms with Gasteiger partial charge in [-0.3, -0.25) is 4.68 Å². The van der Waals surface area contributed by atoms with Gasteiger partial charge in [0, 0.05) is 30.9 Å². The zero-order valence-corrected chi connectivity index (χ0v) is 9.95. The van der Waals surface area contributed by atoms with Gasteiger partial charge in [-0.05, 0) is 26.7 Å². The van der Waals surface area contributed by atoms with Crippen LogP contribution in [0.4, 0.5) is 0 Å². The molecule has 0 aromatic carbocycles. The maximum absolute atomic E-state index is 4.38. The van der Waals surface area contributed by atoms with Gasteiger partial charge in [0.2, 0.25) is 0 Å². The monoisotopic (exact) mass is 207 g/mol. The van der Waals surface area contributed by atoms with Gasteiger partial charge in [-0.25, -0.2) is 0 Å². The number of aryl methyl sites for hydroxylation is 2. The van der Waals surface area contributed by atoms with E-state index in [9.17, 15) is 0 Å². The molecule has 0 amide bonds. The van der Waals surface area contributed by atoms with E-state index in [1.807, 2.05) is 11.7 Å². The number of rotatable bonds is 3. The molecule has 1 atom stereocenters. The Morgan fingerprint density at radius 1 is 1.47 bits per heavy atom. The van der Waals surface area contributed by atoms with Crippen molar-refractivity contribution in [3.05, 3.63) is 17.5 Å². The summed E-state index contributed by atoms with van der Waals surface area (Å²) in [5.74, 6) is 0. The summed E-state index contributed by atoms with van der Waals surface area (Å²) >= 11 is 0. The minimum atomic E-state index is 0.432. The van der Waals surface area contributed by atoms with Crippen molar-refractivity contribution in [2.75, 3.05) is 0 Å². The molecule has 1 heterocycles. The van der Waals surface area contributed by atoms with Gasteiger partial charge in [0.25, 0.3) is 0 Å². The molecule has 2 rings (SSSR count). The van der Waals surface area contributed by atoms with E-state index >= 15 is 0 Å². The fourth-order valence-corrected chi connectivity index (χ4v) is 2.58. The van der Waals surface area contributed by atoms with Crippen molar-refractivity contribution in [3.63, 3.8) is 0 Å². The molecule has 0 radical (unpaired) electrons. The summed E-state index contributed by atoms with van der Waals surface area (Å²) in [5, 5.41) is 8.08. The molecule has 84 valence electrons. The molecule has 1 unspecified atom stereocenters. The Morgan fingerprint density at radius 3 is 2.67 bits per heavy atom. The quantitative estimate of drug-likeness (QED) is 0.824. The van der Waals surface area contributed by atoms with Crippen LogP contribution >= 0.6 is 0 Å². The molecule has 1 N–H and O–H groups in total. The van der Waals surface area contributed by atoms with Crippen LogP contribution in [0.1, 0.15) is 49.9 Å². The molecule has 0 spiro atoms. The smallest absolute Gasteiger partial charge is 0.0641 e. The molecule has 0 bridgehead atoms. The lowest BCUT2D eigenvalue weighted by atomic mass is 10.1. The minimum Gasteiger partial charge on any atom is -0.307 e. The minimum absolute atomic E-state index is 0.432. The molecular weight excluding hydrogens is 186 g/mol. The number of hydrogen-bond donors (Lipinski definition) is 1.